The van der Waals surface area contributed by atoms with Crippen molar-refractivity contribution in [3.63, 3.8) is 0 Å². The van der Waals surface area contributed by atoms with Crippen molar-refractivity contribution in [1.29, 1.82) is 0 Å². The van der Waals surface area contributed by atoms with E-state index in [-0.39, 0.29) is 36.3 Å². The second-order valence-corrected chi connectivity index (χ2v) is 7.92. The Morgan fingerprint density at radius 2 is 1.97 bits per heavy atom. The van der Waals surface area contributed by atoms with Crippen molar-refractivity contribution in [2.24, 2.45) is 15.9 Å². The first-order chi connectivity index (χ1) is 13.9. The SMILES string of the molecule is CC(=NO)C(C)=NCCC1C=CC=C[N-]1.CC(N)C(C)NCCC1CCCCN1.[CH3-].[Co]. The quantitative estimate of drug-likeness (QED) is 0.175. The van der Waals surface area contributed by atoms with Crippen LogP contribution in [0.2, 0.25) is 0 Å². The molecule has 31 heavy (non-hydrogen) atoms. The molecule has 1 radical (unpaired) electrons. The van der Waals surface area contributed by atoms with Crippen LogP contribution < -0.4 is 16.4 Å². The summed E-state index contributed by atoms with van der Waals surface area (Å²) < 4.78 is 0. The molecular weight excluding hydrogens is 435 g/mol. The Morgan fingerprint density at radius 3 is 2.52 bits per heavy atom. The van der Waals surface area contributed by atoms with Gasteiger partial charge in [0.15, 0.2) is 0 Å². The van der Waals surface area contributed by atoms with Gasteiger partial charge in [-0.15, -0.1) is 0 Å². The number of nitrogens with zero attached hydrogens (tertiary/aromatic N) is 3. The van der Waals surface area contributed by atoms with Crippen LogP contribution in [-0.2, 0) is 16.8 Å². The average Bonchev–Trinajstić information content (AvgIpc) is 2.75. The maximum Gasteiger partial charge on any atom is 0.0971 e. The fraction of sp³-hybridized carbons (Fsp3) is 0.696. The molecule has 0 spiro atoms. The number of rotatable bonds is 9. The van der Waals surface area contributed by atoms with E-state index >= 15 is 0 Å². The molecule has 1 saturated heterocycles. The minimum Gasteiger partial charge on any atom is -0.685 e. The second kappa shape index (κ2) is 19.5. The van der Waals surface area contributed by atoms with Gasteiger partial charge in [-0.2, -0.15) is 6.20 Å². The monoisotopic (exact) mass is 479 g/mol. The van der Waals surface area contributed by atoms with E-state index in [4.69, 9.17) is 10.9 Å². The van der Waals surface area contributed by atoms with Crippen molar-refractivity contribution < 1.29 is 22.0 Å². The Labute approximate surface area is 200 Å². The molecule has 0 aromatic rings. The van der Waals surface area contributed by atoms with E-state index in [1.54, 1.807) is 6.92 Å². The van der Waals surface area contributed by atoms with Crippen LogP contribution in [0.3, 0.4) is 0 Å². The van der Waals surface area contributed by atoms with Crippen LogP contribution in [-0.4, -0.2) is 60.4 Å². The predicted molar refractivity (Wildman–Crippen MR) is 131 cm³/mol. The third kappa shape index (κ3) is 15.3. The average molecular weight is 480 g/mol. The van der Waals surface area contributed by atoms with Gasteiger partial charge < -0.3 is 34.3 Å². The van der Waals surface area contributed by atoms with E-state index in [0.717, 1.165) is 24.7 Å². The minimum atomic E-state index is 0. The molecule has 8 heteroatoms. The summed E-state index contributed by atoms with van der Waals surface area (Å²) in [7, 11) is 0. The molecule has 0 bridgehead atoms. The van der Waals surface area contributed by atoms with E-state index in [1.807, 2.05) is 25.3 Å². The Kier molecular flexibility index (Phi) is 20.1. The molecule has 183 valence electrons. The Hall–Kier alpha value is -1.19. The van der Waals surface area contributed by atoms with Crippen molar-refractivity contribution in [3.05, 3.63) is 37.2 Å². The first-order valence-electron chi connectivity index (χ1n) is 10.9. The molecule has 2 rings (SSSR count). The summed E-state index contributed by atoms with van der Waals surface area (Å²) in [5.74, 6) is 0. The fourth-order valence-corrected chi connectivity index (χ4v) is 3.02. The van der Waals surface area contributed by atoms with Crippen LogP contribution in [0.1, 0.15) is 59.8 Å². The predicted octanol–water partition coefficient (Wildman–Crippen LogP) is 3.80. The molecule has 4 unspecified atom stereocenters. The van der Waals surface area contributed by atoms with Gasteiger partial charge in [0.1, 0.15) is 0 Å². The van der Waals surface area contributed by atoms with Gasteiger partial charge in [0.2, 0.25) is 0 Å². The molecule has 2 aliphatic heterocycles. The molecular formula is C23H44CoN6O-2. The van der Waals surface area contributed by atoms with Gasteiger partial charge in [-0.3, -0.25) is 4.99 Å². The summed E-state index contributed by atoms with van der Waals surface area (Å²) in [5, 5.41) is 22.9. The van der Waals surface area contributed by atoms with Crippen molar-refractivity contribution in [2.45, 2.75) is 84.0 Å². The van der Waals surface area contributed by atoms with Crippen LogP contribution >= 0.6 is 0 Å². The number of allylic oxidation sites excluding steroid dienone is 2. The first-order valence-corrected chi connectivity index (χ1v) is 10.9. The van der Waals surface area contributed by atoms with Crippen molar-refractivity contribution in [3.8, 4) is 0 Å². The summed E-state index contributed by atoms with van der Waals surface area (Å²) in [6.07, 6.45) is 14.0. The first kappa shape index (κ1) is 32.0. The molecule has 0 aliphatic carbocycles. The third-order valence-corrected chi connectivity index (χ3v) is 5.42. The van der Waals surface area contributed by atoms with Gasteiger partial charge in [-0.25, -0.2) is 0 Å². The standard InChI is InChI=1S/C11H16N3O.C11H25N3.CH3.Co/c1-9(10(2)14-15)12-8-6-11-5-3-4-7-13-11;1-9(12)10(2)13-8-6-11-5-3-4-7-14-11;;/h3-5,7,11,15H,6,8H2,1-2H3;9-11,13-14H,3-8,12H2,1-2H3;1H3;/q-1;;-1;. The molecule has 0 aromatic heterocycles. The largest absolute Gasteiger partial charge is 0.685 e. The maximum absolute atomic E-state index is 8.52. The molecule has 2 heterocycles. The molecule has 7 nitrogen and oxygen atoms in total. The van der Waals surface area contributed by atoms with Crippen LogP contribution in [0, 0.1) is 7.43 Å². The van der Waals surface area contributed by atoms with Crippen molar-refractivity contribution in [2.75, 3.05) is 19.6 Å². The minimum absolute atomic E-state index is 0. The number of oxime groups is 1. The Balaban J connectivity index is 0. The van der Waals surface area contributed by atoms with E-state index < -0.39 is 0 Å². The van der Waals surface area contributed by atoms with Gasteiger partial charge in [0, 0.05) is 41.4 Å². The van der Waals surface area contributed by atoms with Crippen molar-refractivity contribution >= 4 is 11.4 Å². The number of hydrogen-bond acceptors (Lipinski definition) is 6. The van der Waals surface area contributed by atoms with Gasteiger partial charge >= 0.3 is 0 Å². The number of hydrogen-bond donors (Lipinski definition) is 4. The fourth-order valence-electron chi connectivity index (χ4n) is 3.02. The van der Waals surface area contributed by atoms with Crippen LogP contribution in [0.5, 0.6) is 0 Å². The zero-order chi connectivity index (χ0) is 21.5. The molecule has 4 atom stereocenters. The second-order valence-electron chi connectivity index (χ2n) is 7.92. The van der Waals surface area contributed by atoms with Gasteiger partial charge in [0.25, 0.3) is 0 Å². The summed E-state index contributed by atoms with van der Waals surface area (Å²) in [4.78, 5) is 4.30. The van der Waals surface area contributed by atoms with Gasteiger partial charge in [-0.05, 0) is 66.5 Å². The normalized spacial score (nSPS) is 22.7. The van der Waals surface area contributed by atoms with Crippen molar-refractivity contribution in [1.82, 2.24) is 10.6 Å². The topological polar surface area (TPSA) is 109 Å². The van der Waals surface area contributed by atoms with E-state index in [2.05, 4.69) is 46.0 Å². The maximum atomic E-state index is 8.52. The van der Waals surface area contributed by atoms with E-state index in [1.165, 1.54) is 32.2 Å². The molecule has 1 fully saturated rings. The summed E-state index contributed by atoms with van der Waals surface area (Å²) >= 11 is 0. The van der Waals surface area contributed by atoms with E-state index in [9.17, 15) is 0 Å². The van der Waals surface area contributed by atoms with Gasteiger partial charge in [-0.1, -0.05) is 35.8 Å². The molecule has 0 saturated carbocycles. The Bertz CT molecular complexity index is 556. The number of nitrogens with one attached hydrogen (secondary N) is 2. The number of piperidine rings is 1. The molecule has 0 amide bonds. The van der Waals surface area contributed by atoms with Crippen LogP contribution in [0.25, 0.3) is 5.32 Å². The van der Waals surface area contributed by atoms with Crippen LogP contribution in [0.4, 0.5) is 0 Å². The number of nitrogens with two attached hydrogens (primary N) is 1. The van der Waals surface area contributed by atoms with Gasteiger partial charge in [0.05, 0.1) is 11.4 Å². The summed E-state index contributed by atoms with van der Waals surface area (Å²) in [6.45, 7) is 10.8. The third-order valence-electron chi connectivity index (χ3n) is 5.42. The molecule has 2 aliphatic rings. The Morgan fingerprint density at radius 1 is 1.23 bits per heavy atom. The number of aliphatic imine (C=N–C) groups is 1. The van der Waals surface area contributed by atoms with E-state index in [0.29, 0.717) is 18.3 Å². The molecule has 0 aromatic carbocycles. The summed E-state index contributed by atoms with van der Waals surface area (Å²) in [6, 6.07) is 1.64. The smallest absolute Gasteiger partial charge is 0.0971 e. The zero-order valence-electron chi connectivity index (χ0n) is 20.0. The molecule has 5 N–H and O–H groups in total. The van der Waals surface area contributed by atoms with Crippen LogP contribution in [0.15, 0.2) is 34.6 Å². The zero-order valence-corrected chi connectivity index (χ0v) is 21.0. The summed E-state index contributed by atoms with van der Waals surface area (Å²) in [5.41, 5.74) is 7.11.